The maximum atomic E-state index is 11.6. The summed E-state index contributed by atoms with van der Waals surface area (Å²) in [7, 11) is 0. The summed E-state index contributed by atoms with van der Waals surface area (Å²) in [6.07, 6.45) is 1.40. The minimum Gasteiger partial charge on any atom is -0.505 e. The molecule has 0 bridgehead atoms. The summed E-state index contributed by atoms with van der Waals surface area (Å²) in [6.45, 7) is 4.04. The number of hydrogen-bond donors (Lipinski definition) is 2. The molecule has 1 unspecified atom stereocenters. The van der Waals surface area contributed by atoms with E-state index in [1.165, 1.54) is 12.1 Å². The Hall–Kier alpha value is -0.930. The molecule has 0 heterocycles. The number of phenols is 1. The van der Waals surface area contributed by atoms with E-state index in [2.05, 4.69) is 5.32 Å². The second kappa shape index (κ2) is 6.12. The second-order valence-corrected chi connectivity index (χ2v) is 4.87. The number of rotatable bonds is 4. The average molecular weight is 276 g/mol. The number of amides is 1. The first-order valence-corrected chi connectivity index (χ1v) is 6.17. The largest absolute Gasteiger partial charge is 0.505 e. The number of aromatic hydroxyl groups is 1. The van der Waals surface area contributed by atoms with Gasteiger partial charge >= 0.3 is 0 Å². The highest BCUT2D eigenvalue weighted by Crippen LogP contribution is 2.34. The lowest BCUT2D eigenvalue weighted by Crippen LogP contribution is -2.14. The van der Waals surface area contributed by atoms with E-state index in [-0.39, 0.29) is 21.7 Å². The lowest BCUT2D eigenvalue weighted by molar-refractivity contribution is -0.117. The molecule has 1 atom stereocenters. The third kappa shape index (κ3) is 4.10. The van der Waals surface area contributed by atoms with E-state index >= 15 is 0 Å². The van der Waals surface area contributed by atoms with Gasteiger partial charge in [-0.1, -0.05) is 43.5 Å². The quantitative estimate of drug-likeness (QED) is 0.814. The van der Waals surface area contributed by atoms with Crippen LogP contribution in [0.15, 0.2) is 12.1 Å². The molecule has 1 aromatic rings. The van der Waals surface area contributed by atoms with Gasteiger partial charge in [-0.3, -0.25) is 4.79 Å². The monoisotopic (exact) mass is 275 g/mol. The third-order valence-corrected chi connectivity index (χ3v) is 3.11. The number of hydrogen-bond acceptors (Lipinski definition) is 2. The maximum Gasteiger partial charge on any atom is 0.224 e. The van der Waals surface area contributed by atoms with E-state index in [1.807, 2.05) is 13.8 Å². The number of carbonyl (C=O) groups is 1. The van der Waals surface area contributed by atoms with Crippen LogP contribution in [0.3, 0.4) is 0 Å². The molecule has 3 nitrogen and oxygen atoms in total. The molecule has 17 heavy (non-hydrogen) atoms. The molecule has 94 valence electrons. The molecule has 0 aromatic heterocycles. The Balaban J connectivity index is 2.72. The fourth-order valence-electron chi connectivity index (χ4n) is 1.31. The van der Waals surface area contributed by atoms with Crippen LogP contribution in [0, 0.1) is 5.92 Å². The fraction of sp³-hybridized carbons (Fsp3) is 0.417. The van der Waals surface area contributed by atoms with Gasteiger partial charge in [-0.2, -0.15) is 0 Å². The summed E-state index contributed by atoms with van der Waals surface area (Å²) in [5.74, 6) is 0.0727. The number of phenolic OH excluding ortho intramolecular Hbond substituents is 1. The molecule has 0 aliphatic carbocycles. The summed E-state index contributed by atoms with van der Waals surface area (Å²) >= 11 is 11.5. The second-order valence-electron chi connectivity index (χ2n) is 4.05. The average Bonchev–Trinajstić information content (AvgIpc) is 2.25. The smallest absolute Gasteiger partial charge is 0.224 e. The van der Waals surface area contributed by atoms with Gasteiger partial charge in [-0.15, -0.1) is 0 Å². The highest BCUT2D eigenvalue weighted by atomic mass is 35.5. The number of halogens is 2. The first kappa shape index (κ1) is 14.1. The van der Waals surface area contributed by atoms with Gasteiger partial charge < -0.3 is 10.4 Å². The van der Waals surface area contributed by atoms with E-state index in [0.29, 0.717) is 18.0 Å². The zero-order chi connectivity index (χ0) is 13.0. The van der Waals surface area contributed by atoms with E-state index in [4.69, 9.17) is 23.2 Å². The first-order valence-electron chi connectivity index (χ1n) is 5.41. The normalized spacial score (nSPS) is 12.2. The molecule has 5 heteroatoms. The molecule has 0 aliphatic heterocycles. The lowest BCUT2D eigenvalue weighted by atomic mass is 10.1. The van der Waals surface area contributed by atoms with Crippen LogP contribution in [0.5, 0.6) is 5.75 Å². The van der Waals surface area contributed by atoms with Crippen LogP contribution in [-0.4, -0.2) is 11.0 Å². The summed E-state index contributed by atoms with van der Waals surface area (Å²) in [6, 6.07) is 2.94. The number of nitrogens with one attached hydrogen (secondary N) is 1. The molecule has 0 saturated heterocycles. The number of anilines is 1. The number of benzene rings is 1. The van der Waals surface area contributed by atoms with Gasteiger partial charge in [-0.05, 0) is 18.1 Å². The molecule has 0 spiro atoms. The van der Waals surface area contributed by atoms with Crippen molar-refractivity contribution in [1.82, 2.24) is 0 Å². The van der Waals surface area contributed by atoms with Crippen molar-refractivity contribution in [2.45, 2.75) is 26.7 Å². The Bertz CT molecular complexity index is 398. The SMILES string of the molecule is CCC(C)CC(=O)Nc1cc(Cl)c(O)c(Cl)c1. The van der Waals surface area contributed by atoms with Crippen LogP contribution >= 0.6 is 23.2 Å². The van der Waals surface area contributed by atoms with Gasteiger partial charge in [0.25, 0.3) is 0 Å². The summed E-state index contributed by atoms with van der Waals surface area (Å²) < 4.78 is 0. The first-order chi connectivity index (χ1) is 7.93. The predicted octanol–water partition coefficient (Wildman–Crippen LogP) is 4.07. The van der Waals surface area contributed by atoms with Gasteiger partial charge in [-0.25, -0.2) is 0 Å². The topological polar surface area (TPSA) is 49.3 Å². The van der Waals surface area contributed by atoms with Crippen LogP contribution in [0.25, 0.3) is 0 Å². The Morgan fingerprint density at radius 2 is 1.94 bits per heavy atom. The Morgan fingerprint density at radius 1 is 1.41 bits per heavy atom. The van der Waals surface area contributed by atoms with Crippen molar-refractivity contribution in [2.24, 2.45) is 5.92 Å². The van der Waals surface area contributed by atoms with Gasteiger partial charge in [0.1, 0.15) is 0 Å². The van der Waals surface area contributed by atoms with Gasteiger partial charge in [0.15, 0.2) is 5.75 Å². The van der Waals surface area contributed by atoms with Crippen molar-refractivity contribution in [3.05, 3.63) is 22.2 Å². The van der Waals surface area contributed by atoms with Crippen molar-refractivity contribution in [2.75, 3.05) is 5.32 Å². The minimum atomic E-state index is -0.173. The highest BCUT2D eigenvalue weighted by Gasteiger charge is 2.11. The summed E-state index contributed by atoms with van der Waals surface area (Å²) in [4.78, 5) is 11.6. The fourth-order valence-corrected chi connectivity index (χ4v) is 1.80. The van der Waals surface area contributed by atoms with Crippen LogP contribution in [0.2, 0.25) is 10.0 Å². The molecule has 0 saturated carbocycles. The maximum absolute atomic E-state index is 11.6. The van der Waals surface area contributed by atoms with Crippen LogP contribution in [-0.2, 0) is 4.79 Å². The Labute approximate surface area is 111 Å². The van der Waals surface area contributed by atoms with Crippen LogP contribution < -0.4 is 5.32 Å². The molecular weight excluding hydrogens is 261 g/mol. The lowest BCUT2D eigenvalue weighted by Gasteiger charge is -2.10. The third-order valence-electron chi connectivity index (χ3n) is 2.53. The standard InChI is InChI=1S/C12H15Cl2NO2/c1-3-7(2)4-11(16)15-8-5-9(13)12(17)10(14)6-8/h5-7,17H,3-4H2,1-2H3,(H,15,16). The predicted molar refractivity (Wildman–Crippen MR) is 70.8 cm³/mol. The van der Waals surface area contributed by atoms with Crippen molar-refractivity contribution < 1.29 is 9.90 Å². The zero-order valence-electron chi connectivity index (χ0n) is 9.76. The molecule has 1 aromatic carbocycles. The minimum absolute atomic E-state index is 0.0860. The van der Waals surface area contributed by atoms with E-state index in [0.717, 1.165) is 6.42 Å². The summed E-state index contributed by atoms with van der Waals surface area (Å²) in [5.41, 5.74) is 0.492. The van der Waals surface area contributed by atoms with Crippen molar-refractivity contribution in [3.8, 4) is 5.75 Å². The molecule has 1 amide bonds. The van der Waals surface area contributed by atoms with Crippen LogP contribution in [0.1, 0.15) is 26.7 Å². The molecular formula is C12H15Cl2NO2. The van der Waals surface area contributed by atoms with E-state index in [9.17, 15) is 9.90 Å². The van der Waals surface area contributed by atoms with E-state index in [1.54, 1.807) is 0 Å². The van der Waals surface area contributed by atoms with Crippen molar-refractivity contribution in [1.29, 1.82) is 0 Å². The van der Waals surface area contributed by atoms with Crippen molar-refractivity contribution in [3.63, 3.8) is 0 Å². The van der Waals surface area contributed by atoms with Gasteiger partial charge in [0.05, 0.1) is 10.0 Å². The zero-order valence-corrected chi connectivity index (χ0v) is 11.3. The molecule has 1 rings (SSSR count). The van der Waals surface area contributed by atoms with E-state index < -0.39 is 0 Å². The molecule has 0 aliphatic rings. The molecule has 0 radical (unpaired) electrons. The molecule has 0 fully saturated rings. The highest BCUT2D eigenvalue weighted by molar-refractivity contribution is 6.37. The summed E-state index contributed by atoms with van der Waals surface area (Å²) in [5, 5.41) is 12.3. The Morgan fingerprint density at radius 3 is 2.41 bits per heavy atom. The van der Waals surface area contributed by atoms with Crippen molar-refractivity contribution >= 4 is 34.8 Å². The molecule has 2 N–H and O–H groups in total. The van der Waals surface area contributed by atoms with Gasteiger partial charge in [0, 0.05) is 12.1 Å². The van der Waals surface area contributed by atoms with Gasteiger partial charge in [0.2, 0.25) is 5.91 Å². The number of carbonyl (C=O) groups excluding carboxylic acids is 1. The Kier molecular flexibility index (Phi) is 5.09. The van der Waals surface area contributed by atoms with Crippen LogP contribution in [0.4, 0.5) is 5.69 Å².